The van der Waals surface area contributed by atoms with Crippen molar-refractivity contribution in [3.63, 3.8) is 0 Å². The highest BCUT2D eigenvalue weighted by atomic mass is 79.9. The van der Waals surface area contributed by atoms with Gasteiger partial charge in [-0.05, 0) is 48.6 Å². The number of nitrogens with one attached hydrogen (secondary N) is 1. The van der Waals surface area contributed by atoms with Crippen LogP contribution in [0, 0.1) is 0 Å². The third kappa shape index (κ3) is 6.69. The van der Waals surface area contributed by atoms with Crippen molar-refractivity contribution in [2.45, 2.75) is 0 Å². The van der Waals surface area contributed by atoms with Crippen LogP contribution in [0.15, 0.2) is 59.1 Å². The summed E-state index contributed by atoms with van der Waals surface area (Å²) in [5.74, 6) is -0.687. The summed E-state index contributed by atoms with van der Waals surface area (Å²) >= 11 is 3.44. The standard InChI is InChI=1S/C21H21BrN4O3.ClH/c22-16-4-8-19(9-5-16)25-12-14-26(15-13-25)21(28)11-7-18-3-1-2-17(23-18)6-10-20(27)24-29;/h1-11,29H,12-15H2,(H,24,27);1H. The molecule has 1 aliphatic heterocycles. The van der Waals surface area contributed by atoms with Gasteiger partial charge in [-0.25, -0.2) is 10.5 Å². The molecule has 9 heteroatoms. The number of pyridine rings is 1. The zero-order valence-electron chi connectivity index (χ0n) is 16.1. The van der Waals surface area contributed by atoms with Gasteiger partial charge >= 0.3 is 0 Å². The van der Waals surface area contributed by atoms with Crippen LogP contribution >= 0.6 is 28.3 Å². The second-order valence-electron chi connectivity index (χ2n) is 6.42. The molecule has 2 amide bonds. The monoisotopic (exact) mass is 492 g/mol. The quantitative estimate of drug-likeness (QED) is 0.380. The molecule has 0 saturated carbocycles. The number of carbonyl (C=O) groups excluding carboxylic acids is 2. The fourth-order valence-electron chi connectivity index (χ4n) is 2.95. The predicted molar refractivity (Wildman–Crippen MR) is 122 cm³/mol. The molecule has 2 aromatic rings. The van der Waals surface area contributed by atoms with Gasteiger partial charge in [-0.3, -0.25) is 14.8 Å². The Balaban J connectivity index is 0.00000320. The van der Waals surface area contributed by atoms with Gasteiger partial charge in [0.15, 0.2) is 0 Å². The van der Waals surface area contributed by atoms with Crippen LogP contribution in [-0.2, 0) is 9.59 Å². The van der Waals surface area contributed by atoms with E-state index in [9.17, 15) is 9.59 Å². The lowest BCUT2D eigenvalue weighted by Crippen LogP contribution is -2.48. The third-order valence-electron chi connectivity index (χ3n) is 4.49. The van der Waals surface area contributed by atoms with Gasteiger partial charge < -0.3 is 9.80 Å². The minimum absolute atomic E-state index is 0. The lowest BCUT2D eigenvalue weighted by Gasteiger charge is -2.35. The van der Waals surface area contributed by atoms with Crippen molar-refractivity contribution in [3.05, 3.63) is 70.5 Å². The van der Waals surface area contributed by atoms with E-state index < -0.39 is 5.91 Å². The highest BCUT2D eigenvalue weighted by Crippen LogP contribution is 2.20. The van der Waals surface area contributed by atoms with Crippen LogP contribution in [0.2, 0.25) is 0 Å². The van der Waals surface area contributed by atoms with Crippen molar-refractivity contribution in [1.29, 1.82) is 0 Å². The van der Waals surface area contributed by atoms with Gasteiger partial charge in [0.1, 0.15) is 0 Å². The molecule has 1 aromatic heterocycles. The number of hydroxylamine groups is 1. The molecule has 1 aliphatic rings. The number of piperazine rings is 1. The number of rotatable bonds is 5. The molecule has 2 N–H and O–H groups in total. The van der Waals surface area contributed by atoms with Crippen molar-refractivity contribution in [3.8, 4) is 0 Å². The summed E-state index contributed by atoms with van der Waals surface area (Å²) in [5, 5.41) is 8.50. The molecule has 0 spiro atoms. The molecule has 7 nitrogen and oxygen atoms in total. The highest BCUT2D eigenvalue weighted by molar-refractivity contribution is 9.10. The van der Waals surface area contributed by atoms with Crippen LogP contribution < -0.4 is 10.4 Å². The smallest absolute Gasteiger partial charge is 0.267 e. The van der Waals surface area contributed by atoms with Crippen LogP contribution in [0.3, 0.4) is 0 Å². The normalized spacial score (nSPS) is 14.1. The van der Waals surface area contributed by atoms with Gasteiger partial charge in [0, 0.05) is 48.5 Å². The number of hydrogen-bond acceptors (Lipinski definition) is 5. The maximum absolute atomic E-state index is 12.5. The third-order valence-corrected chi connectivity index (χ3v) is 5.02. The summed E-state index contributed by atoms with van der Waals surface area (Å²) in [5.41, 5.74) is 3.83. The Morgan fingerprint density at radius 3 is 2.17 bits per heavy atom. The molecule has 1 saturated heterocycles. The molecule has 0 unspecified atom stereocenters. The summed E-state index contributed by atoms with van der Waals surface area (Å²) in [4.78, 5) is 32.0. The first-order valence-electron chi connectivity index (χ1n) is 9.12. The molecule has 2 heterocycles. The van der Waals surface area contributed by atoms with Crippen molar-refractivity contribution in [2.75, 3.05) is 31.1 Å². The van der Waals surface area contributed by atoms with Crippen LogP contribution in [0.25, 0.3) is 12.2 Å². The lowest BCUT2D eigenvalue weighted by atomic mass is 10.2. The molecule has 0 radical (unpaired) electrons. The van der Waals surface area contributed by atoms with Gasteiger partial charge in [-0.15, -0.1) is 12.4 Å². The molecule has 0 atom stereocenters. The summed E-state index contributed by atoms with van der Waals surface area (Å²) in [6.45, 7) is 2.89. The number of aromatic nitrogens is 1. The van der Waals surface area contributed by atoms with E-state index in [1.54, 1.807) is 24.3 Å². The van der Waals surface area contributed by atoms with Gasteiger partial charge in [-0.1, -0.05) is 22.0 Å². The number of anilines is 1. The summed E-state index contributed by atoms with van der Waals surface area (Å²) < 4.78 is 1.05. The first kappa shape index (κ1) is 23.6. The van der Waals surface area contributed by atoms with Crippen LogP contribution in [0.1, 0.15) is 11.4 Å². The number of amides is 2. The Morgan fingerprint density at radius 2 is 1.57 bits per heavy atom. The Bertz CT molecular complexity index is 926. The van der Waals surface area contributed by atoms with Crippen molar-refractivity contribution >= 4 is 58.0 Å². The Morgan fingerprint density at radius 1 is 0.967 bits per heavy atom. The Labute approximate surface area is 189 Å². The van der Waals surface area contributed by atoms with Gasteiger partial charge in [0.05, 0.1) is 11.4 Å². The second kappa shape index (κ2) is 11.5. The molecule has 1 aromatic carbocycles. The zero-order chi connectivity index (χ0) is 20.6. The second-order valence-corrected chi connectivity index (χ2v) is 7.33. The number of halogens is 2. The van der Waals surface area contributed by atoms with Crippen LogP contribution in [0.5, 0.6) is 0 Å². The van der Waals surface area contributed by atoms with E-state index in [-0.39, 0.29) is 18.3 Å². The summed E-state index contributed by atoms with van der Waals surface area (Å²) in [6, 6.07) is 13.5. The van der Waals surface area contributed by atoms with E-state index in [0.717, 1.165) is 23.2 Å². The minimum Gasteiger partial charge on any atom is -0.368 e. The molecular weight excluding hydrogens is 472 g/mol. The predicted octanol–water partition coefficient (Wildman–Crippen LogP) is 3.15. The van der Waals surface area contributed by atoms with E-state index in [4.69, 9.17) is 5.21 Å². The molecule has 30 heavy (non-hydrogen) atoms. The number of nitrogens with zero attached hydrogens (tertiary/aromatic N) is 3. The lowest BCUT2D eigenvalue weighted by molar-refractivity contribution is -0.126. The fourth-order valence-corrected chi connectivity index (χ4v) is 3.22. The largest absolute Gasteiger partial charge is 0.368 e. The number of carbonyl (C=O) groups is 2. The van der Waals surface area contributed by atoms with Crippen molar-refractivity contribution in [1.82, 2.24) is 15.4 Å². The Hall–Kier alpha value is -2.68. The van der Waals surface area contributed by atoms with E-state index in [1.165, 1.54) is 23.7 Å². The molecule has 158 valence electrons. The van der Waals surface area contributed by atoms with E-state index in [2.05, 4.69) is 37.9 Å². The maximum Gasteiger partial charge on any atom is 0.267 e. The van der Waals surface area contributed by atoms with Crippen molar-refractivity contribution in [2.24, 2.45) is 0 Å². The number of benzene rings is 1. The summed E-state index contributed by atoms with van der Waals surface area (Å²) in [7, 11) is 0. The zero-order valence-corrected chi connectivity index (χ0v) is 18.5. The van der Waals surface area contributed by atoms with Gasteiger partial charge in [-0.2, -0.15) is 0 Å². The Kier molecular flexibility index (Phi) is 9.04. The van der Waals surface area contributed by atoms with Gasteiger partial charge in [0.2, 0.25) is 5.91 Å². The summed E-state index contributed by atoms with van der Waals surface area (Å²) in [6.07, 6.45) is 5.83. The highest BCUT2D eigenvalue weighted by Gasteiger charge is 2.19. The minimum atomic E-state index is -0.634. The first-order chi connectivity index (χ1) is 14.0. The SMILES string of the molecule is Cl.O=C(C=Cc1cccc(C=CC(=O)N2CCN(c3ccc(Br)cc3)CC2)n1)NO. The molecule has 0 aliphatic carbocycles. The average Bonchev–Trinajstić information content (AvgIpc) is 2.76. The molecule has 1 fully saturated rings. The molecular formula is C21H22BrClN4O3. The fraction of sp³-hybridized carbons (Fsp3) is 0.190. The maximum atomic E-state index is 12.5. The molecule has 0 bridgehead atoms. The van der Waals surface area contributed by atoms with Crippen molar-refractivity contribution < 1.29 is 14.8 Å². The molecule has 3 rings (SSSR count). The van der Waals surface area contributed by atoms with E-state index in [0.29, 0.717) is 24.5 Å². The van der Waals surface area contributed by atoms with Gasteiger partial charge in [0.25, 0.3) is 5.91 Å². The van der Waals surface area contributed by atoms with Crippen LogP contribution in [-0.4, -0.2) is 53.1 Å². The average molecular weight is 494 g/mol. The van der Waals surface area contributed by atoms with Crippen LogP contribution in [0.4, 0.5) is 5.69 Å². The van der Waals surface area contributed by atoms with E-state index in [1.807, 2.05) is 17.0 Å². The first-order valence-corrected chi connectivity index (χ1v) is 9.91. The topological polar surface area (TPSA) is 85.8 Å². The number of hydrogen-bond donors (Lipinski definition) is 2. The van der Waals surface area contributed by atoms with E-state index >= 15 is 0 Å².